The third-order valence-electron chi connectivity index (χ3n) is 3.08. The lowest BCUT2D eigenvalue weighted by Gasteiger charge is -2.13. The van der Waals surface area contributed by atoms with Crippen LogP contribution in [0.25, 0.3) is 0 Å². The van der Waals surface area contributed by atoms with Crippen LogP contribution >= 0.6 is 35.7 Å². The second kappa shape index (κ2) is 13.6. The molecule has 0 bridgehead atoms. The van der Waals surface area contributed by atoms with Crippen molar-refractivity contribution in [3.63, 3.8) is 0 Å². The molecule has 0 saturated carbocycles. The zero-order valence-electron chi connectivity index (χ0n) is 14.3. The molecule has 1 aromatic carbocycles. The van der Waals surface area contributed by atoms with Gasteiger partial charge in [-0.1, -0.05) is 0 Å². The summed E-state index contributed by atoms with van der Waals surface area (Å²) in [5.74, 6) is 3.61. The Morgan fingerprint density at radius 3 is 2.61 bits per heavy atom. The average molecular weight is 453 g/mol. The lowest BCUT2D eigenvalue weighted by atomic mass is 10.1. The Balaban J connectivity index is 0.00000484. The van der Waals surface area contributed by atoms with Crippen molar-refractivity contribution in [2.24, 2.45) is 4.99 Å². The molecule has 7 heteroatoms. The molecule has 2 N–H and O–H groups in total. The zero-order chi connectivity index (χ0) is 16.2. The molecular weight excluding hydrogens is 425 g/mol. The number of hydrogen-bond donors (Lipinski definition) is 2. The number of ether oxygens (including phenoxy) is 2. The normalized spacial score (nSPS) is 10.7. The summed E-state index contributed by atoms with van der Waals surface area (Å²) in [5, 5.41) is 6.60. The molecule has 0 unspecified atom stereocenters. The molecule has 0 saturated heterocycles. The van der Waals surface area contributed by atoms with Gasteiger partial charge in [-0.05, 0) is 43.4 Å². The Hall–Kier alpha value is -0.830. The van der Waals surface area contributed by atoms with E-state index < -0.39 is 0 Å². The van der Waals surface area contributed by atoms with Crippen LogP contribution in [0.1, 0.15) is 12.5 Å². The first-order valence-corrected chi connectivity index (χ1v) is 8.86. The second-order valence-corrected chi connectivity index (χ2v) is 5.59. The molecule has 0 aliphatic rings. The van der Waals surface area contributed by atoms with E-state index in [-0.39, 0.29) is 24.0 Å². The molecule has 1 rings (SSSR count). The predicted molar refractivity (Wildman–Crippen MR) is 111 cm³/mol. The van der Waals surface area contributed by atoms with Gasteiger partial charge in [0, 0.05) is 18.8 Å². The van der Waals surface area contributed by atoms with Gasteiger partial charge in [0.1, 0.15) is 11.5 Å². The van der Waals surface area contributed by atoms with Crippen molar-refractivity contribution in [2.75, 3.05) is 45.9 Å². The van der Waals surface area contributed by atoms with Crippen molar-refractivity contribution in [3.8, 4) is 11.5 Å². The van der Waals surface area contributed by atoms with E-state index in [4.69, 9.17) is 9.47 Å². The highest BCUT2D eigenvalue weighted by atomic mass is 127. The quantitative estimate of drug-likeness (QED) is 0.261. The molecule has 0 aliphatic carbocycles. The Morgan fingerprint density at radius 2 is 2.00 bits per heavy atom. The standard InChI is InChI=1S/C16H27N3O2S.HI/c1-5-17-16(19-10-11-22-4)18-9-8-13-12-14(20-2)6-7-15(13)21-3;/h6-7,12H,5,8-11H2,1-4H3,(H2,17,18,19);1H. The third-order valence-corrected chi connectivity index (χ3v) is 3.67. The monoisotopic (exact) mass is 453 g/mol. The highest BCUT2D eigenvalue weighted by molar-refractivity contribution is 14.0. The molecule has 23 heavy (non-hydrogen) atoms. The van der Waals surface area contributed by atoms with Gasteiger partial charge in [-0.15, -0.1) is 24.0 Å². The van der Waals surface area contributed by atoms with Gasteiger partial charge in [0.15, 0.2) is 5.96 Å². The van der Waals surface area contributed by atoms with Crippen LogP contribution in [0.3, 0.4) is 0 Å². The predicted octanol–water partition coefficient (Wildman–Crippen LogP) is 2.78. The van der Waals surface area contributed by atoms with E-state index in [1.54, 1.807) is 26.0 Å². The van der Waals surface area contributed by atoms with Crippen LogP contribution < -0.4 is 20.1 Å². The van der Waals surface area contributed by atoms with E-state index in [1.807, 2.05) is 18.2 Å². The van der Waals surface area contributed by atoms with Crippen LogP contribution in [-0.2, 0) is 6.42 Å². The summed E-state index contributed by atoms with van der Waals surface area (Å²) >= 11 is 1.80. The second-order valence-electron chi connectivity index (χ2n) is 4.61. The van der Waals surface area contributed by atoms with Crippen molar-refractivity contribution in [3.05, 3.63) is 23.8 Å². The van der Waals surface area contributed by atoms with Gasteiger partial charge in [-0.3, -0.25) is 4.99 Å². The number of halogens is 1. The topological polar surface area (TPSA) is 54.9 Å². The van der Waals surface area contributed by atoms with Gasteiger partial charge in [0.05, 0.1) is 20.8 Å². The van der Waals surface area contributed by atoms with Crippen LogP contribution in [0, 0.1) is 0 Å². The first-order valence-electron chi connectivity index (χ1n) is 7.47. The van der Waals surface area contributed by atoms with Crippen molar-refractivity contribution < 1.29 is 9.47 Å². The summed E-state index contributed by atoms with van der Waals surface area (Å²) in [5.41, 5.74) is 1.12. The van der Waals surface area contributed by atoms with E-state index in [9.17, 15) is 0 Å². The van der Waals surface area contributed by atoms with Gasteiger partial charge in [0.25, 0.3) is 0 Å². The van der Waals surface area contributed by atoms with E-state index in [2.05, 4.69) is 28.8 Å². The number of methoxy groups -OCH3 is 2. The van der Waals surface area contributed by atoms with E-state index in [0.717, 1.165) is 54.8 Å². The molecule has 0 spiro atoms. The summed E-state index contributed by atoms with van der Waals surface area (Å²) in [4.78, 5) is 4.53. The van der Waals surface area contributed by atoms with Gasteiger partial charge in [-0.2, -0.15) is 11.8 Å². The van der Waals surface area contributed by atoms with Crippen LogP contribution in [0.5, 0.6) is 11.5 Å². The van der Waals surface area contributed by atoms with Gasteiger partial charge in [0.2, 0.25) is 0 Å². The molecule has 132 valence electrons. The van der Waals surface area contributed by atoms with Gasteiger partial charge >= 0.3 is 0 Å². The molecule has 5 nitrogen and oxygen atoms in total. The zero-order valence-corrected chi connectivity index (χ0v) is 17.5. The van der Waals surface area contributed by atoms with Crippen molar-refractivity contribution in [1.29, 1.82) is 0 Å². The average Bonchev–Trinajstić information content (AvgIpc) is 2.55. The van der Waals surface area contributed by atoms with Crippen LogP contribution in [-0.4, -0.2) is 51.8 Å². The minimum atomic E-state index is 0. The van der Waals surface area contributed by atoms with Crippen molar-refractivity contribution in [1.82, 2.24) is 10.6 Å². The lowest BCUT2D eigenvalue weighted by Crippen LogP contribution is -2.38. The maximum atomic E-state index is 5.40. The summed E-state index contributed by atoms with van der Waals surface area (Å²) in [6.45, 7) is 4.53. The fraction of sp³-hybridized carbons (Fsp3) is 0.562. The maximum absolute atomic E-state index is 5.40. The van der Waals surface area contributed by atoms with Crippen LogP contribution in [0.4, 0.5) is 0 Å². The van der Waals surface area contributed by atoms with Crippen LogP contribution in [0.2, 0.25) is 0 Å². The molecule has 0 fully saturated rings. The van der Waals surface area contributed by atoms with Crippen LogP contribution in [0.15, 0.2) is 23.2 Å². The SMILES string of the molecule is CCNC(=NCCSC)NCCc1cc(OC)ccc1OC.I. The highest BCUT2D eigenvalue weighted by Gasteiger charge is 2.05. The molecular formula is C16H28IN3O2S. The fourth-order valence-electron chi connectivity index (χ4n) is 1.98. The summed E-state index contributed by atoms with van der Waals surface area (Å²) in [6, 6.07) is 5.86. The third kappa shape index (κ3) is 8.55. The lowest BCUT2D eigenvalue weighted by molar-refractivity contribution is 0.398. The van der Waals surface area contributed by atoms with Gasteiger partial charge < -0.3 is 20.1 Å². The van der Waals surface area contributed by atoms with E-state index in [0.29, 0.717) is 0 Å². The number of nitrogens with one attached hydrogen (secondary N) is 2. The number of guanidine groups is 1. The molecule has 0 heterocycles. The van der Waals surface area contributed by atoms with Crippen molar-refractivity contribution in [2.45, 2.75) is 13.3 Å². The van der Waals surface area contributed by atoms with Gasteiger partial charge in [-0.25, -0.2) is 0 Å². The Kier molecular flexibility index (Phi) is 13.1. The number of benzene rings is 1. The van der Waals surface area contributed by atoms with E-state index in [1.165, 1.54) is 0 Å². The minimum absolute atomic E-state index is 0. The largest absolute Gasteiger partial charge is 0.497 e. The molecule has 0 radical (unpaired) electrons. The molecule has 0 aliphatic heterocycles. The maximum Gasteiger partial charge on any atom is 0.191 e. The molecule has 1 aromatic rings. The molecule has 0 atom stereocenters. The minimum Gasteiger partial charge on any atom is -0.497 e. The summed E-state index contributed by atoms with van der Waals surface area (Å²) in [7, 11) is 3.36. The number of nitrogens with zero attached hydrogens (tertiary/aromatic N) is 1. The first kappa shape index (κ1) is 22.2. The Morgan fingerprint density at radius 1 is 1.22 bits per heavy atom. The Labute approximate surface area is 161 Å². The summed E-state index contributed by atoms with van der Waals surface area (Å²) in [6.07, 6.45) is 2.93. The molecule has 0 aromatic heterocycles. The molecule has 0 amide bonds. The Bertz CT molecular complexity index is 473. The van der Waals surface area contributed by atoms with Crippen molar-refractivity contribution >= 4 is 41.7 Å². The smallest absolute Gasteiger partial charge is 0.191 e. The number of rotatable bonds is 9. The number of hydrogen-bond acceptors (Lipinski definition) is 4. The number of aliphatic imine (C=N–C) groups is 1. The van der Waals surface area contributed by atoms with E-state index >= 15 is 0 Å². The highest BCUT2D eigenvalue weighted by Crippen LogP contribution is 2.24. The number of thioether (sulfide) groups is 1. The summed E-state index contributed by atoms with van der Waals surface area (Å²) < 4.78 is 10.7. The fourth-order valence-corrected chi connectivity index (χ4v) is 2.26. The first-order chi connectivity index (χ1) is 10.7.